The Hall–Kier alpha value is -2.39. The van der Waals surface area contributed by atoms with E-state index in [-0.39, 0.29) is 29.5 Å². The minimum Gasteiger partial charge on any atom is -0.507 e. The Morgan fingerprint density at radius 3 is 2.63 bits per heavy atom. The molecule has 1 aromatic rings. The quantitative estimate of drug-likeness (QED) is 0.582. The van der Waals surface area contributed by atoms with Crippen LogP contribution in [0.15, 0.2) is 29.8 Å². The summed E-state index contributed by atoms with van der Waals surface area (Å²) in [7, 11) is 0. The molecule has 5 unspecified atom stereocenters. The van der Waals surface area contributed by atoms with Gasteiger partial charge in [-0.05, 0) is 31.1 Å². The number of phenolic OH excluding ortho intramolecular Hbond substituents is 1. The molecule has 27 heavy (non-hydrogen) atoms. The van der Waals surface area contributed by atoms with Crippen molar-refractivity contribution in [3.63, 3.8) is 0 Å². The van der Waals surface area contributed by atoms with Crippen LogP contribution in [0.25, 0.3) is 0 Å². The van der Waals surface area contributed by atoms with Crippen LogP contribution in [0.4, 0.5) is 0 Å². The summed E-state index contributed by atoms with van der Waals surface area (Å²) in [6.07, 6.45) is -2.09. The number of rotatable bonds is 0. The fraction of sp³-hybridized carbons (Fsp3) is 0.421. The SMILES string of the molecule is CC1=CC(=O)C2OC3(CCC4(O3)C(=O)c3c(O)cccc3C(=O)C24O)C1O. The molecule has 3 bridgehead atoms. The zero-order valence-corrected chi connectivity index (χ0v) is 14.3. The van der Waals surface area contributed by atoms with E-state index in [1.807, 2.05) is 0 Å². The second-order valence-electron chi connectivity index (χ2n) is 7.56. The molecule has 4 aliphatic rings. The molecule has 5 atom stereocenters. The van der Waals surface area contributed by atoms with Gasteiger partial charge in [-0.2, -0.15) is 0 Å². The standard InChI is InChI=1S/C19H16O8/c1-8-7-11(21)16-19(25)14(23)9-3-2-4-10(20)12(9)15(24)17(19)5-6-18(26-16,27-17)13(8)22/h2-4,7,13,16,20,22,25H,5-6H2,1H3. The van der Waals surface area contributed by atoms with Crippen LogP contribution in [-0.2, 0) is 14.3 Å². The van der Waals surface area contributed by atoms with Crippen molar-refractivity contribution >= 4 is 17.3 Å². The van der Waals surface area contributed by atoms with Crippen molar-refractivity contribution in [1.29, 1.82) is 0 Å². The predicted molar refractivity (Wildman–Crippen MR) is 87.1 cm³/mol. The monoisotopic (exact) mass is 372 g/mol. The smallest absolute Gasteiger partial charge is 0.202 e. The van der Waals surface area contributed by atoms with E-state index in [9.17, 15) is 29.7 Å². The molecular formula is C19H16O8. The molecule has 3 heterocycles. The van der Waals surface area contributed by atoms with Gasteiger partial charge in [-0.1, -0.05) is 12.1 Å². The second-order valence-corrected chi connectivity index (χ2v) is 7.56. The van der Waals surface area contributed by atoms with Crippen molar-refractivity contribution in [2.75, 3.05) is 0 Å². The molecule has 5 rings (SSSR count). The van der Waals surface area contributed by atoms with Crippen LogP contribution in [0.3, 0.4) is 0 Å². The normalized spacial score (nSPS) is 42.3. The lowest BCUT2D eigenvalue weighted by Crippen LogP contribution is -2.77. The first-order chi connectivity index (χ1) is 12.7. The number of fused-ring (bicyclic) bond motifs is 3. The number of ether oxygens (including phenoxy) is 2. The highest BCUT2D eigenvalue weighted by Gasteiger charge is 2.79. The first-order valence-corrected chi connectivity index (χ1v) is 8.60. The second kappa shape index (κ2) is 4.71. The van der Waals surface area contributed by atoms with E-state index in [0.717, 1.165) is 6.08 Å². The molecular weight excluding hydrogens is 356 g/mol. The van der Waals surface area contributed by atoms with Crippen LogP contribution in [0, 0.1) is 0 Å². The van der Waals surface area contributed by atoms with Gasteiger partial charge in [-0.3, -0.25) is 14.4 Å². The summed E-state index contributed by atoms with van der Waals surface area (Å²) in [5.41, 5.74) is -4.91. The van der Waals surface area contributed by atoms with Gasteiger partial charge in [0, 0.05) is 12.0 Å². The molecule has 0 amide bonds. The van der Waals surface area contributed by atoms with Crippen molar-refractivity contribution in [2.45, 2.75) is 49.0 Å². The van der Waals surface area contributed by atoms with Gasteiger partial charge in [-0.15, -0.1) is 0 Å². The van der Waals surface area contributed by atoms with Gasteiger partial charge < -0.3 is 24.8 Å². The Bertz CT molecular complexity index is 980. The van der Waals surface area contributed by atoms with Gasteiger partial charge >= 0.3 is 0 Å². The lowest BCUT2D eigenvalue weighted by atomic mass is 9.63. The third kappa shape index (κ3) is 1.62. The van der Waals surface area contributed by atoms with Gasteiger partial charge in [0.2, 0.25) is 17.4 Å². The number of ketones is 3. The molecule has 8 nitrogen and oxygen atoms in total. The summed E-state index contributed by atoms with van der Waals surface area (Å²) < 4.78 is 11.6. The topological polar surface area (TPSA) is 130 Å². The summed E-state index contributed by atoms with van der Waals surface area (Å²) >= 11 is 0. The number of hydrogen-bond donors (Lipinski definition) is 3. The Labute approximate surface area is 153 Å². The number of Topliss-reactive ketones (excluding diaryl/α,β-unsaturated/α-hetero) is 2. The first kappa shape index (κ1) is 16.8. The molecule has 2 saturated heterocycles. The summed E-state index contributed by atoms with van der Waals surface area (Å²) in [6.45, 7) is 1.51. The Kier molecular flexibility index (Phi) is 2.93. The molecule has 1 aromatic carbocycles. The number of aromatic hydroxyl groups is 1. The molecule has 8 heteroatoms. The van der Waals surface area contributed by atoms with E-state index in [0.29, 0.717) is 0 Å². The van der Waals surface area contributed by atoms with Gasteiger partial charge in [0.15, 0.2) is 23.1 Å². The number of benzene rings is 1. The molecule has 0 radical (unpaired) electrons. The highest BCUT2D eigenvalue weighted by Crippen LogP contribution is 2.59. The fourth-order valence-corrected chi connectivity index (χ4v) is 4.85. The molecule has 2 spiro atoms. The third-order valence-corrected chi connectivity index (χ3v) is 6.19. The van der Waals surface area contributed by atoms with E-state index >= 15 is 0 Å². The molecule has 2 fully saturated rings. The van der Waals surface area contributed by atoms with Crippen LogP contribution in [0.5, 0.6) is 5.75 Å². The lowest BCUT2D eigenvalue weighted by molar-refractivity contribution is -0.361. The Morgan fingerprint density at radius 1 is 1.15 bits per heavy atom. The average Bonchev–Trinajstić information content (AvgIpc) is 2.96. The molecule has 140 valence electrons. The van der Waals surface area contributed by atoms with Crippen LogP contribution in [0.1, 0.15) is 40.5 Å². The highest BCUT2D eigenvalue weighted by atomic mass is 16.8. The minimum atomic E-state index is -2.59. The van der Waals surface area contributed by atoms with Crippen LogP contribution in [0.2, 0.25) is 0 Å². The maximum Gasteiger partial charge on any atom is 0.202 e. The summed E-state index contributed by atoms with van der Waals surface area (Å²) in [5.74, 6) is -4.59. The van der Waals surface area contributed by atoms with Crippen molar-refractivity contribution in [3.05, 3.63) is 41.0 Å². The highest BCUT2D eigenvalue weighted by molar-refractivity contribution is 6.25. The van der Waals surface area contributed by atoms with Crippen LogP contribution in [-0.4, -0.2) is 61.9 Å². The number of aliphatic hydroxyl groups is 2. The Morgan fingerprint density at radius 2 is 1.89 bits per heavy atom. The maximum atomic E-state index is 13.4. The number of hydrogen-bond acceptors (Lipinski definition) is 8. The molecule has 0 saturated carbocycles. The van der Waals surface area contributed by atoms with Gasteiger partial charge in [0.1, 0.15) is 11.9 Å². The van der Waals surface area contributed by atoms with Gasteiger partial charge in [-0.25, -0.2) is 0 Å². The molecule has 3 N–H and O–H groups in total. The number of carbonyl (C=O) groups is 3. The van der Waals surface area contributed by atoms with Crippen molar-refractivity contribution in [2.24, 2.45) is 0 Å². The van der Waals surface area contributed by atoms with E-state index in [1.54, 1.807) is 0 Å². The van der Waals surface area contributed by atoms with Gasteiger partial charge in [0.25, 0.3) is 0 Å². The van der Waals surface area contributed by atoms with E-state index in [2.05, 4.69) is 0 Å². The predicted octanol–water partition coefficient (Wildman–Crippen LogP) is 0.0365. The largest absolute Gasteiger partial charge is 0.507 e. The summed E-state index contributed by atoms with van der Waals surface area (Å²) in [4.78, 5) is 39.4. The molecule has 1 aliphatic carbocycles. The Balaban J connectivity index is 1.84. The first-order valence-electron chi connectivity index (χ1n) is 8.60. The van der Waals surface area contributed by atoms with Crippen molar-refractivity contribution in [1.82, 2.24) is 0 Å². The summed E-state index contributed by atoms with van der Waals surface area (Å²) in [5, 5.41) is 32.3. The van der Waals surface area contributed by atoms with Crippen molar-refractivity contribution < 1.29 is 39.2 Å². The minimum absolute atomic E-state index is 0.00656. The fourth-order valence-electron chi connectivity index (χ4n) is 4.85. The molecule has 0 aromatic heterocycles. The maximum absolute atomic E-state index is 13.4. The third-order valence-electron chi connectivity index (χ3n) is 6.19. The van der Waals surface area contributed by atoms with E-state index in [4.69, 9.17) is 9.47 Å². The summed E-state index contributed by atoms with van der Waals surface area (Å²) in [6, 6.07) is 3.93. The zero-order valence-electron chi connectivity index (χ0n) is 14.3. The number of carbonyl (C=O) groups excluding carboxylic acids is 3. The van der Waals surface area contributed by atoms with E-state index < -0.39 is 52.3 Å². The van der Waals surface area contributed by atoms with E-state index in [1.165, 1.54) is 25.1 Å². The van der Waals surface area contributed by atoms with Crippen LogP contribution >= 0.6 is 0 Å². The lowest BCUT2D eigenvalue weighted by Gasteiger charge is -2.53. The average molecular weight is 372 g/mol. The number of phenols is 1. The zero-order chi connectivity index (χ0) is 19.4. The molecule has 3 aliphatic heterocycles. The van der Waals surface area contributed by atoms with Crippen molar-refractivity contribution in [3.8, 4) is 5.75 Å². The van der Waals surface area contributed by atoms with Gasteiger partial charge in [0.05, 0.1) is 5.56 Å². The van der Waals surface area contributed by atoms with Crippen LogP contribution < -0.4 is 0 Å². The number of aliphatic hydroxyl groups excluding tert-OH is 1.